The number of amides is 1. The molecular weight excluding hydrogens is 342 g/mol. The van der Waals surface area contributed by atoms with Crippen LogP contribution in [0.4, 0.5) is 5.69 Å². The van der Waals surface area contributed by atoms with Gasteiger partial charge in [0.15, 0.2) is 6.23 Å². The number of carbonyl (C=O) groups excluding carboxylic acids is 1. The fraction of sp³-hybridized carbons (Fsp3) is 0.429. The van der Waals surface area contributed by atoms with Gasteiger partial charge in [0, 0.05) is 25.0 Å². The minimum Gasteiger partial charge on any atom is -0.470 e. The molecule has 0 spiro atoms. The van der Waals surface area contributed by atoms with E-state index < -0.39 is 12.3 Å². The van der Waals surface area contributed by atoms with Gasteiger partial charge in [-0.2, -0.15) is 0 Å². The molecule has 144 valence electrons. The molecule has 0 fully saturated rings. The molecule has 2 heterocycles. The molecule has 0 bridgehead atoms. The summed E-state index contributed by atoms with van der Waals surface area (Å²) in [6, 6.07) is 9.49. The second kappa shape index (κ2) is 8.50. The Bertz CT molecular complexity index is 777. The maximum absolute atomic E-state index is 13.1. The first-order chi connectivity index (χ1) is 13.0. The first-order valence-corrected chi connectivity index (χ1v) is 9.42. The zero-order chi connectivity index (χ0) is 19.4. The van der Waals surface area contributed by atoms with Gasteiger partial charge >= 0.3 is 0 Å². The number of fused-ring (bicyclic) bond motifs is 1. The molecule has 2 atom stereocenters. The van der Waals surface area contributed by atoms with Crippen molar-refractivity contribution in [1.82, 2.24) is 10.3 Å². The molecule has 0 saturated heterocycles. The Kier molecular flexibility index (Phi) is 6.08. The number of carbonyl (C=O) groups is 1. The number of pyridine rings is 1. The maximum Gasteiger partial charge on any atom is 0.259 e. The molecule has 1 aliphatic heterocycles. The van der Waals surface area contributed by atoms with Crippen LogP contribution < -0.4 is 15.0 Å². The third-order valence-corrected chi connectivity index (χ3v) is 4.52. The highest BCUT2D eigenvalue weighted by atomic mass is 16.5. The number of hydrogen-bond acceptors (Lipinski definition) is 5. The minimum absolute atomic E-state index is 0.0921. The van der Waals surface area contributed by atoms with Gasteiger partial charge in [-0.05, 0) is 57.4 Å². The molecule has 2 N–H and O–H groups in total. The van der Waals surface area contributed by atoms with E-state index in [0.717, 1.165) is 24.1 Å². The van der Waals surface area contributed by atoms with E-state index in [0.29, 0.717) is 17.9 Å². The molecular formula is C21H27N3O3. The second-order valence-corrected chi connectivity index (χ2v) is 7.17. The first kappa shape index (κ1) is 19.3. The van der Waals surface area contributed by atoms with Crippen LogP contribution in [0.15, 0.2) is 42.7 Å². The SMILES string of the molecule is CC(C)NC(Oc1cccc2c1N(C(=O)c1cccnc1)CCC2)C(C)O. The number of aliphatic hydroxyl groups is 1. The van der Waals surface area contributed by atoms with E-state index in [9.17, 15) is 9.90 Å². The zero-order valence-electron chi connectivity index (χ0n) is 16.1. The molecule has 6 heteroatoms. The molecule has 0 saturated carbocycles. The number of ether oxygens (including phenoxy) is 1. The van der Waals surface area contributed by atoms with E-state index in [2.05, 4.69) is 10.3 Å². The van der Waals surface area contributed by atoms with E-state index in [1.807, 2.05) is 32.0 Å². The Hall–Kier alpha value is -2.44. The molecule has 1 aromatic heterocycles. The lowest BCUT2D eigenvalue weighted by atomic mass is 10.00. The molecule has 27 heavy (non-hydrogen) atoms. The van der Waals surface area contributed by atoms with Crippen molar-refractivity contribution in [3.05, 3.63) is 53.9 Å². The molecule has 3 rings (SSSR count). The molecule has 1 amide bonds. The van der Waals surface area contributed by atoms with Gasteiger partial charge in [-0.25, -0.2) is 0 Å². The monoisotopic (exact) mass is 369 g/mol. The standard InChI is InChI=1S/C21H27N3O3/c1-14(2)23-20(15(3)25)27-18-10-4-7-16-9-6-12-24(19(16)18)21(26)17-8-5-11-22-13-17/h4-5,7-8,10-11,13-15,20,23,25H,6,9,12H2,1-3H3. The molecule has 1 aromatic carbocycles. The number of nitrogens with one attached hydrogen (secondary N) is 1. The summed E-state index contributed by atoms with van der Waals surface area (Å²) in [5.41, 5.74) is 2.41. The van der Waals surface area contributed by atoms with Crippen LogP contribution in [0.1, 0.15) is 43.1 Å². The third-order valence-electron chi connectivity index (χ3n) is 4.52. The van der Waals surface area contributed by atoms with Crippen LogP contribution in [0.25, 0.3) is 0 Å². The van der Waals surface area contributed by atoms with E-state index in [1.54, 1.807) is 36.4 Å². The fourth-order valence-electron chi connectivity index (χ4n) is 3.30. The van der Waals surface area contributed by atoms with Gasteiger partial charge in [0.2, 0.25) is 0 Å². The van der Waals surface area contributed by atoms with Gasteiger partial charge in [0.05, 0.1) is 11.3 Å². The van der Waals surface area contributed by atoms with Crippen LogP contribution in [0.5, 0.6) is 5.75 Å². The van der Waals surface area contributed by atoms with Crippen molar-refractivity contribution < 1.29 is 14.6 Å². The van der Waals surface area contributed by atoms with Gasteiger partial charge in [-0.1, -0.05) is 12.1 Å². The van der Waals surface area contributed by atoms with Crippen LogP contribution in [-0.4, -0.2) is 40.9 Å². The normalized spacial score (nSPS) is 16.0. The highest BCUT2D eigenvalue weighted by Gasteiger charge is 2.29. The first-order valence-electron chi connectivity index (χ1n) is 9.42. The van der Waals surface area contributed by atoms with Crippen molar-refractivity contribution in [2.45, 2.75) is 52.0 Å². The molecule has 0 radical (unpaired) electrons. The molecule has 0 aliphatic carbocycles. The van der Waals surface area contributed by atoms with Crippen LogP contribution in [0, 0.1) is 0 Å². The van der Waals surface area contributed by atoms with Gasteiger partial charge in [0.25, 0.3) is 5.91 Å². The number of aryl methyl sites for hydroxylation is 1. The van der Waals surface area contributed by atoms with Crippen molar-refractivity contribution in [2.24, 2.45) is 0 Å². The number of aromatic nitrogens is 1. The summed E-state index contributed by atoms with van der Waals surface area (Å²) in [6.07, 6.45) is 3.76. The van der Waals surface area contributed by atoms with Crippen LogP contribution >= 0.6 is 0 Å². The summed E-state index contributed by atoms with van der Waals surface area (Å²) in [5, 5.41) is 13.3. The van der Waals surface area contributed by atoms with Crippen molar-refractivity contribution >= 4 is 11.6 Å². The Balaban J connectivity index is 1.95. The number of aliphatic hydroxyl groups excluding tert-OH is 1. The molecule has 1 aliphatic rings. The quantitative estimate of drug-likeness (QED) is 0.766. The molecule has 2 aromatic rings. The number of benzene rings is 1. The summed E-state index contributed by atoms with van der Waals surface area (Å²) >= 11 is 0. The molecule has 6 nitrogen and oxygen atoms in total. The van der Waals surface area contributed by atoms with Gasteiger partial charge in [0.1, 0.15) is 11.9 Å². The van der Waals surface area contributed by atoms with Crippen molar-refractivity contribution in [3.8, 4) is 5.75 Å². The Labute approximate surface area is 160 Å². The lowest BCUT2D eigenvalue weighted by molar-refractivity contribution is 0.0220. The Morgan fingerprint density at radius 3 is 2.74 bits per heavy atom. The number of rotatable bonds is 6. The number of nitrogens with zero attached hydrogens (tertiary/aromatic N) is 2. The topological polar surface area (TPSA) is 74.7 Å². The smallest absolute Gasteiger partial charge is 0.259 e. The lowest BCUT2D eigenvalue weighted by Gasteiger charge is -2.33. The summed E-state index contributed by atoms with van der Waals surface area (Å²) in [4.78, 5) is 18.9. The van der Waals surface area contributed by atoms with Crippen LogP contribution in [0.2, 0.25) is 0 Å². The van der Waals surface area contributed by atoms with Crippen LogP contribution in [0.3, 0.4) is 0 Å². The summed E-state index contributed by atoms with van der Waals surface area (Å²) in [6.45, 7) is 6.31. The minimum atomic E-state index is -0.700. The third kappa shape index (κ3) is 4.46. The Morgan fingerprint density at radius 1 is 1.26 bits per heavy atom. The van der Waals surface area contributed by atoms with E-state index in [4.69, 9.17) is 4.74 Å². The number of anilines is 1. The zero-order valence-corrected chi connectivity index (χ0v) is 16.1. The number of para-hydroxylation sites is 1. The lowest BCUT2D eigenvalue weighted by Crippen LogP contribution is -2.46. The van der Waals surface area contributed by atoms with E-state index in [-0.39, 0.29) is 11.9 Å². The predicted octanol–water partition coefficient (Wildman–Crippen LogP) is 2.76. The summed E-state index contributed by atoms with van der Waals surface area (Å²) in [7, 11) is 0. The largest absolute Gasteiger partial charge is 0.470 e. The summed E-state index contributed by atoms with van der Waals surface area (Å²) in [5.74, 6) is 0.508. The van der Waals surface area contributed by atoms with Crippen molar-refractivity contribution in [3.63, 3.8) is 0 Å². The highest BCUT2D eigenvalue weighted by Crippen LogP contribution is 2.37. The average molecular weight is 369 g/mol. The number of hydrogen-bond donors (Lipinski definition) is 2. The Morgan fingerprint density at radius 2 is 2.07 bits per heavy atom. The molecule has 2 unspecified atom stereocenters. The highest BCUT2D eigenvalue weighted by molar-refractivity contribution is 6.07. The van der Waals surface area contributed by atoms with Gasteiger partial charge in [-0.3, -0.25) is 15.1 Å². The van der Waals surface area contributed by atoms with Gasteiger partial charge in [-0.15, -0.1) is 0 Å². The summed E-state index contributed by atoms with van der Waals surface area (Å²) < 4.78 is 6.13. The van der Waals surface area contributed by atoms with E-state index in [1.165, 1.54) is 0 Å². The van der Waals surface area contributed by atoms with Crippen molar-refractivity contribution in [2.75, 3.05) is 11.4 Å². The van der Waals surface area contributed by atoms with E-state index >= 15 is 0 Å². The predicted molar refractivity (Wildman–Crippen MR) is 105 cm³/mol. The maximum atomic E-state index is 13.1. The van der Waals surface area contributed by atoms with Gasteiger partial charge < -0.3 is 14.7 Å². The average Bonchev–Trinajstić information content (AvgIpc) is 2.67. The fourth-order valence-corrected chi connectivity index (χ4v) is 3.30. The van der Waals surface area contributed by atoms with Crippen LogP contribution in [-0.2, 0) is 6.42 Å². The van der Waals surface area contributed by atoms with Crippen molar-refractivity contribution in [1.29, 1.82) is 0 Å². The second-order valence-electron chi connectivity index (χ2n) is 7.17.